The number of aliphatic imine (C=N–C) groups is 1. The molecule has 1 aromatic carbocycles. The van der Waals surface area contributed by atoms with Crippen molar-refractivity contribution < 1.29 is 4.79 Å². The van der Waals surface area contributed by atoms with Crippen LogP contribution in [-0.4, -0.2) is 31.0 Å². The SMILES string of the molecule is CCNC(=NCc1ccccc1)NCC(=O)NC1CCCCC1.I. The van der Waals surface area contributed by atoms with Crippen LogP contribution in [0.5, 0.6) is 0 Å². The van der Waals surface area contributed by atoms with Crippen LogP contribution in [0.25, 0.3) is 0 Å². The van der Waals surface area contributed by atoms with Gasteiger partial charge < -0.3 is 16.0 Å². The number of hydrogen-bond donors (Lipinski definition) is 3. The maximum Gasteiger partial charge on any atom is 0.239 e. The van der Waals surface area contributed by atoms with E-state index in [0.717, 1.165) is 24.9 Å². The molecule has 0 spiro atoms. The van der Waals surface area contributed by atoms with Crippen molar-refractivity contribution in [2.45, 2.75) is 51.6 Å². The van der Waals surface area contributed by atoms with Crippen molar-refractivity contribution in [1.82, 2.24) is 16.0 Å². The molecule has 0 unspecified atom stereocenters. The van der Waals surface area contributed by atoms with E-state index in [2.05, 4.69) is 20.9 Å². The number of benzene rings is 1. The van der Waals surface area contributed by atoms with E-state index in [9.17, 15) is 4.79 Å². The number of nitrogens with zero attached hydrogens (tertiary/aromatic N) is 1. The monoisotopic (exact) mass is 444 g/mol. The van der Waals surface area contributed by atoms with Gasteiger partial charge in [-0.3, -0.25) is 4.79 Å². The number of hydrogen-bond acceptors (Lipinski definition) is 2. The second-order valence-corrected chi connectivity index (χ2v) is 5.94. The molecule has 6 heteroatoms. The van der Waals surface area contributed by atoms with Gasteiger partial charge in [-0.2, -0.15) is 0 Å². The molecule has 134 valence electrons. The highest BCUT2D eigenvalue weighted by Crippen LogP contribution is 2.17. The largest absolute Gasteiger partial charge is 0.357 e. The van der Waals surface area contributed by atoms with Crippen molar-refractivity contribution >= 4 is 35.8 Å². The molecule has 3 N–H and O–H groups in total. The Morgan fingerprint density at radius 3 is 2.50 bits per heavy atom. The fraction of sp³-hybridized carbons (Fsp3) is 0.556. The molecule has 1 aliphatic carbocycles. The van der Waals surface area contributed by atoms with E-state index < -0.39 is 0 Å². The summed E-state index contributed by atoms with van der Waals surface area (Å²) in [5.41, 5.74) is 1.15. The van der Waals surface area contributed by atoms with Crippen molar-refractivity contribution in [2.75, 3.05) is 13.1 Å². The molecule has 1 fully saturated rings. The van der Waals surface area contributed by atoms with Gasteiger partial charge in [0.2, 0.25) is 5.91 Å². The first-order chi connectivity index (χ1) is 11.3. The highest BCUT2D eigenvalue weighted by Gasteiger charge is 2.15. The molecule has 0 atom stereocenters. The first-order valence-electron chi connectivity index (χ1n) is 8.63. The zero-order valence-corrected chi connectivity index (χ0v) is 16.7. The summed E-state index contributed by atoms with van der Waals surface area (Å²) in [6, 6.07) is 10.4. The second kappa shape index (κ2) is 12.1. The van der Waals surface area contributed by atoms with Crippen molar-refractivity contribution in [2.24, 2.45) is 4.99 Å². The van der Waals surface area contributed by atoms with E-state index >= 15 is 0 Å². The van der Waals surface area contributed by atoms with Crippen LogP contribution < -0.4 is 16.0 Å². The first-order valence-corrected chi connectivity index (χ1v) is 8.63. The second-order valence-electron chi connectivity index (χ2n) is 5.94. The summed E-state index contributed by atoms with van der Waals surface area (Å²) in [6.07, 6.45) is 5.95. The highest BCUT2D eigenvalue weighted by atomic mass is 127. The molecular weight excluding hydrogens is 415 g/mol. The standard InChI is InChI=1S/C18H28N4O.HI/c1-2-19-18(20-13-15-9-5-3-6-10-15)21-14-17(23)22-16-11-7-4-8-12-16;/h3,5-6,9-10,16H,2,4,7-8,11-14H2,1H3,(H,22,23)(H2,19,20,21);1H. The number of rotatable bonds is 6. The van der Waals surface area contributed by atoms with Crippen LogP contribution in [0.15, 0.2) is 35.3 Å². The Hall–Kier alpha value is -1.31. The van der Waals surface area contributed by atoms with Crippen LogP contribution in [-0.2, 0) is 11.3 Å². The summed E-state index contributed by atoms with van der Waals surface area (Å²) in [7, 11) is 0. The van der Waals surface area contributed by atoms with Gasteiger partial charge in [-0.05, 0) is 25.3 Å². The number of amides is 1. The van der Waals surface area contributed by atoms with Gasteiger partial charge in [-0.15, -0.1) is 24.0 Å². The molecule has 0 heterocycles. The quantitative estimate of drug-likeness (QED) is 0.359. The Balaban J connectivity index is 0.00000288. The molecular formula is C18H29IN4O. The third-order valence-electron chi connectivity index (χ3n) is 3.99. The fourth-order valence-electron chi connectivity index (χ4n) is 2.79. The summed E-state index contributed by atoms with van der Waals surface area (Å²) in [6.45, 7) is 3.64. The zero-order chi connectivity index (χ0) is 16.3. The lowest BCUT2D eigenvalue weighted by Crippen LogP contribution is -2.46. The minimum atomic E-state index is 0. The van der Waals surface area contributed by atoms with E-state index in [4.69, 9.17) is 0 Å². The Labute approximate surface area is 162 Å². The van der Waals surface area contributed by atoms with E-state index in [1.807, 2.05) is 37.3 Å². The number of halogens is 1. The Morgan fingerprint density at radius 2 is 1.83 bits per heavy atom. The minimum Gasteiger partial charge on any atom is -0.357 e. The Morgan fingerprint density at radius 1 is 1.12 bits per heavy atom. The molecule has 24 heavy (non-hydrogen) atoms. The Bertz CT molecular complexity index is 501. The van der Waals surface area contributed by atoms with Crippen LogP contribution in [0.2, 0.25) is 0 Å². The topological polar surface area (TPSA) is 65.5 Å². The predicted octanol–water partition coefficient (Wildman–Crippen LogP) is 2.81. The molecule has 1 amide bonds. The van der Waals surface area contributed by atoms with Gasteiger partial charge in [0.15, 0.2) is 5.96 Å². The van der Waals surface area contributed by atoms with Gasteiger partial charge in [0.1, 0.15) is 0 Å². The van der Waals surface area contributed by atoms with Crippen LogP contribution >= 0.6 is 24.0 Å². The fourth-order valence-corrected chi connectivity index (χ4v) is 2.79. The first kappa shape index (κ1) is 20.7. The summed E-state index contributed by atoms with van der Waals surface area (Å²) < 4.78 is 0. The molecule has 0 bridgehead atoms. The van der Waals surface area contributed by atoms with Gasteiger partial charge >= 0.3 is 0 Å². The average Bonchev–Trinajstić information content (AvgIpc) is 2.59. The van der Waals surface area contributed by atoms with Crippen LogP contribution in [0.4, 0.5) is 0 Å². The maximum atomic E-state index is 12.0. The van der Waals surface area contributed by atoms with Crippen molar-refractivity contribution in [3.63, 3.8) is 0 Å². The lowest BCUT2D eigenvalue weighted by molar-refractivity contribution is -0.120. The van der Waals surface area contributed by atoms with Gasteiger partial charge in [0.05, 0.1) is 13.1 Å². The zero-order valence-electron chi connectivity index (χ0n) is 14.4. The number of carbonyl (C=O) groups excluding carboxylic acids is 1. The minimum absolute atomic E-state index is 0. The van der Waals surface area contributed by atoms with Crippen molar-refractivity contribution in [1.29, 1.82) is 0 Å². The molecule has 2 rings (SSSR count). The molecule has 0 saturated heterocycles. The average molecular weight is 444 g/mol. The smallest absolute Gasteiger partial charge is 0.239 e. The molecule has 0 radical (unpaired) electrons. The van der Waals surface area contributed by atoms with Crippen LogP contribution in [0, 0.1) is 0 Å². The molecule has 0 aliphatic heterocycles. The highest BCUT2D eigenvalue weighted by molar-refractivity contribution is 14.0. The van der Waals surface area contributed by atoms with E-state index in [0.29, 0.717) is 18.5 Å². The van der Waals surface area contributed by atoms with E-state index in [-0.39, 0.29) is 36.4 Å². The normalized spacial score (nSPS) is 15.3. The molecule has 1 saturated carbocycles. The van der Waals surface area contributed by atoms with Crippen LogP contribution in [0.3, 0.4) is 0 Å². The lowest BCUT2D eigenvalue weighted by Gasteiger charge is -2.23. The van der Waals surface area contributed by atoms with Gasteiger partial charge in [0, 0.05) is 12.6 Å². The summed E-state index contributed by atoms with van der Waals surface area (Å²) in [4.78, 5) is 16.6. The predicted molar refractivity (Wildman–Crippen MR) is 110 cm³/mol. The van der Waals surface area contributed by atoms with Gasteiger partial charge in [0.25, 0.3) is 0 Å². The third kappa shape index (κ3) is 7.99. The lowest BCUT2D eigenvalue weighted by atomic mass is 9.95. The number of nitrogens with one attached hydrogen (secondary N) is 3. The molecule has 5 nitrogen and oxygen atoms in total. The number of guanidine groups is 1. The van der Waals surface area contributed by atoms with Gasteiger partial charge in [-0.25, -0.2) is 4.99 Å². The molecule has 1 aliphatic rings. The molecule has 0 aromatic heterocycles. The third-order valence-corrected chi connectivity index (χ3v) is 3.99. The van der Waals surface area contributed by atoms with Gasteiger partial charge in [-0.1, -0.05) is 49.6 Å². The van der Waals surface area contributed by atoms with Crippen molar-refractivity contribution in [3.05, 3.63) is 35.9 Å². The molecule has 1 aromatic rings. The number of carbonyl (C=O) groups is 1. The van der Waals surface area contributed by atoms with Crippen molar-refractivity contribution in [3.8, 4) is 0 Å². The summed E-state index contributed by atoms with van der Waals surface area (Å²) >= 11 is 0. The van der Waals surface area contributed by atoms with E-state index in [1.165, 1.54) is 19.3 Å². The Kier molecular flexibility index (Phi) is 10.5. The summed E-state index contributed by atoms with van der Waals surface area (Å²) in [5.74, 6) is 0.720. The van der Waals surface area contributed by atoms with Crippen LogP contribution in [0.1, 0.15) is 44.6 Å². The summed E-state index contributed by atoms with van der Waals surface area (Å²) in [5, 5.41) is 9.38. The maximum absolute atomic E-state index is 12.0. The van der Waals surface area contributed by atoms with E-state index in [1.54, 1.807) is 0 Å².